The molecule has 1 rings (SSSR count). The second-order valence-electron chi connectivity index (χ2n) is 2.67. The fraction of sp³-hybridized carbons (Fsp3) is 0.333. The predicted octanol–water partition coefficient (Wildman–Crippen LogP) is 1.41. The summed E-state index contributed by atoms with van der Waals surface area (Å²) < 4.78 is 30.6. The lowest BCUT2D eigenvalue weighted by Crippen LogP contribution is -2.06. The number of hydrogen-bond acceptors (Lipinski definition) is 3. The van der Waals surface area contributed by atoms with Crippen LogP contribution in [0.2, 0.25) is 0 Å². The molecule has 0 saturated carbocycles. The van der Waals surface area contributed by atoms with Crippen LogP contribution < -0.4 is 10.6 Å². The molecular formula is C9H11F2NO2. The fourth-order valence-electron chi connectivity index (χ4n) is 1.16. The molecule has 0 heterocycles. The van der Waals surface area contributed by atoms with Crippen LogP contribution in [0.5, 0.6) is 5.75 Å². The highest BCUT2D eigenvalue weighted by Crippen LogP contribution is 2.24. The highest BCUT2D eigenvalue weighted by Gasteiger charge is 2.13. The smallest absolute Gasteiger partial charge is 0.200 e. The number of hydrogen-bond donors (Lipinski definition) is 1. The first-order chi connectivity index (χ1) is 6.70. The molecule has 5 heteroatoms. The third-order valence-corrected chi connectivity index (χ3v) is 1.82. The lowest BCUT2D eigenvalue weighted by atomic mass is 10.1. The molecule has 0 saturated heterocycles. The van der Waals surface area contributed by atoms with Crippen molar-refractivity contribution in [3.05, 3.63) is 29.3 Å². The summed E-state index contributed by atoms with van der Waals surface area (Å²) in [4.78, 5) is 4.34. The molecule has 0 aliphatic carbocycles. The summed E-state index contributed by atoms with van der Waals surface area (Å²) in [6.45, 7) is 0.224. The van der Waals surface area contributed by atoms with E-state index in [1.165, 1.54) is 13.2 Å². The Labute approximate surface area is 80.4 Å². The van der Waals surface area contributed by atoms with Gasteiger partial charge in [-0.25, -0.2) is 10.3 Å². The van der Waals surface area contributed by atoms with Crippen LogP contribution >= 0.6 is 0 Å². The molecule has 0 fully saturated rings. The summed E-state index contributed by atoms with van der Waals surface area (Å²) in [5.74, 6) is 2.82. The van der Waals surface area contributed by atoms with Crippen molar-refractivity contribution in [1.82, 2.24) is 0 Å². The minimum Gasteiger partial charge on any atom is -0.493 e. The standard InChI is InChI=1S/C9H11F2NO2/c1-13-9-6(4-5-14-12)2-3-7(10)8(9)11/h2-3H,4-5,12H2,1H3. The normalized spacial score (nSPS) is 10.3. The predicted molar refractivity (Wildman–Crippen MR) is 46.8 cm³/mol. The van der Waals surface area contributed by atoms with Crippen LogP contribution in [-0.4, -0.2) is 13.7 Å². The van der Waals surface area contributed by atoms with E-state index in [9.17, 15) is 8.78 Å². The molecule has 78 valence electrons. The first-order valence-electron chi connectivity index (χ1n) is 4.03. The van der Waals surface area contributed by atoms with Gasteiger partial charge in [0.25, 0.3) is 0 Å². The van der Waals surface area contributed by atoms with Crippen LogP contribution in [0.3, 0.4) is 0 Å². The molecule has 0 spiro atoms. The van der Waals surface area contributed by atoms with E-state index in [0.29, 0.717) is 12.0 Å². The Hall–Kier alpha value is -1.20. The number of benzene rings is 1. The second kappa shape index (κ2) is 4.88. The number of methoxy groups -OCH3 is 1. The molecule has 0 unspecified atom stereocenters. The Kier molecular flexibility index (Phi) is 3.79. The van der Waals surface area contributed by atoms with Crippen LogP contribution in [0.4, 0.5) is 8.78 Å². The molecule has 1 aromatic rings. The summed E-state index contributed by atoms with van der Waals surface area (Å²) in [6.07, 6.45) is 0.372. The van der Waals surface area contributed by atoms with Crippen LogP contribution in [-0.2, 0) is 11.3 Å². The number of nitrogens with two attached hydrogens (primary N) is 1. The average molecular weight is 203 g/mol. The zero-order valence-electron chi connectivity index (χ0n) is 7.72. The van der Waals surface area contributed by atoms with Crippen molar-refractivity contribution in [2.24, 2.45) is 5.90 Å². The summed E-state index contributed by atoms with van der Waals surface area (Å²) in [5, 5.41) is 0. The number of ether oxygens (including phenoxy) is 1. The highest BCUT2D eigenvalue weighted by atomic mass is 19.2. The monoisotopic (exact) mass is 203 g/mol. The van der Waals surface area contributed by atoms with E-state index in [-0.39, 0.29) is 12.4 Å². The van der Waals surface area contributed by atoms with Crippen molar-refractivity contribution in [1.29, 1.82) is 0 Å². The molecule has 0 atom stereocenters. The van der Waals surface area contributed by atoms with Gasteiger partial charge >= 0.3 is 0 Å². The minimum absolute atomic E-state index is 0.0953. The average Bonchev–Trinajstić information content (AvgIpc) is 2.20. The maximum Gasteiger partial charge on any atom is 0.200 e. The third kappa shape index (κ3) is 2.18. The first kappa shape index (κ1) is 10.9. The van der Waals surface area contributed by atoms with E-state index < -0.39 is 11.6 Å². The molecule has 0 bridgehead atoms. The Morgan fingerprint density at radius 1 is 1.36 bits per heavy atom. The van der Waals surface area contributed by atoms with Gasteiger partial charge in [0.1, 0.15) is 0 Å². The molecule has 0 aliphatic heterocycles. The van der Waals surface area contributed by atoms with E-state index in [2.05, 4.69) is 4.84 Å². The molecule has 14 heavy (non-hydrogen) atoms. The molecule has 3 nitrogen and oxygen atoms in total. The maximum absolute atomic E-state index is 13.1. The SMILES string of the molecule is COc1c(CCON)ccc(F)c1F. The molecular weight excluding hydrogens is 192 g/mol. The highest BCUT2D eigenvalue weighted by molar-refractivity contribution is 5.35. The van der Waals surface area contributed by atoms with E-state index in [1.54, 1.807) is 0 Å². The molecule has 0 aliphatic rings. The Morgan fingerprint density at radius 3 is 2.64 bits per heavy atom. The lowest BCUT2D eigenvalue weighted by molar-refractivity contribution is 0.140. The van der Waals surface area contributed by atoms with Gasteiger partial charge in [-0.2, -0.15) is 4.39 Å². The maximum atomic E-state index is 13.1. The third-order valence-electron chi connectivity index (χ3n) is 1.82. The second-order valence-corrected chi connectivity index (χ2v) is 2.67. The van der Waals surface area contributed by atoms with Crippen LogP contribution in [0, 0.1) is 11.6 Å². The molecule has 2 N–H and O–H groups in total. The summed E-state index contributed by atoms with van der Waals surface area (Å²) in [7, 11) is 1.28. The summed E-state index contributed by atoms with van der Waals surface area (Å²) in [6, 6.07) is 2.49. The van der Waals surface area contributed by atoms with Crippen LogP contribution in [0.15, 0.2) is 12.1 Å². The van der Waals surface area contributed by atoms with E-state index in [1.807, 2.05) is 0 Å². The first-order valence-corrected chi connectivity index (χ1v) is 4.03. The summed E-state index contributed by atoms with van der Waals surface area (Å²) in [5.41, 5.74) is 0.525. The van der Waals surface area contributed by atoms with Gasteiger partial charge in [-0.05, 0) is 11.6 Å². The van der Waals surface area contributed by atoms with Gasteiger partial charge in [-0.15, -0.1) is 0 Å². The van der Waals surface area contributed by atoms with Crippen molar-refractivity contribution < 1.29 is 18.4 Å². The topological polar surface area (TPSA) is 44.5 Å². The lowest BCUT2D eigenvalue weighted by Gasteiger charge is -2.08. The van der Waals surface area contributed by atoms with Crippen molar-refractivity contribution in [3.63, 3.8) is 0 Å². The van der Waals surface area contributed by atoms with Crippen LogP contribution in [0.1, 0.15) is 5.56 Å². The number of halogens is 2. The van der Waals surface area contributed by atoms with E-state index >= 15 is 0 Å². The largest absolute Gasteiger partial charge is 0.493 e. The molecule has 0 radical (unpaired) electrons. The quantitative estimate of drug-likeness (QED) is 0.752. The Bertz CT molecular complexity index is 318. The van der Waals surface area contributed by atoms with E-state index in [0.717, 1.165) is 6.07 Å². The molecule has 0 amide bonds. The molecule has 1 aromatic carbocycles. The van der Waals surface area contributed by atoms with Crippen molar-refractivity contribution in [2.45, 2.75) is 6.42 Å². The Balaban J connectivity index is 2.98. The van der Waals surface area contributed by atoms with Gasteiger partial charge in [0, 0.05) is 6.42 Å². The van der Waals surface area contributed by atoms with Gasteiger partial charge in [0.15, 0.2) is 11.6 Å². The van der Waals surface area contributed by atoms with Gasteiger partial charge in [0.05, 0.1) is 13.7 Å². The van der Waals surface area contributed by atoms with Crippen molar-refractivity contribution >= 4 is 0 Å². The van der Waals surface area contributed by atoms with Gasteiger partial charge in [0.2, 0.25) is 5.82 Å². The number of rotatable bonds is 4. The van der Waals surface area contributed by atoms with Crippen molar-refractivity contribution in [3.8, 4) is 5.75 Å². The minimum atomic E-state index is -0.984. The summed E-state index contributed by atoms with van der Waals surface area (Å²) >= 11 is 0. The van der Waals surface area contributed by atoms with Gasteiger partial charge < -0.3 is 9.57 Å². The molecule has 0 aromatic heterocycles. The van der Waals surface area contributed by atoms with Crippen LogP contribution in [0.25, 0.3) is 0 Å². The van der Waals surface area contributed by atoms with Crippen molar-refractivity contribution in [2.75, 3.05) is 13.7 Å². The zero-order valence-corrected chi connectivity index (χ0v) is 7.72. The Morgan fingerprint density at radius 2 is 2.07 bits per heavy atom. The van der Waals surface area contributed by atoms with Gasteiger partial charge in [-0.1, -0.05) is 6.07 Å². The zero-order chi connectivity index (χ0) is 10.6. The van der Waals surface area contributed by atoms with Gasteiger partial charge in [-0.3, -0.25) is 0 Å². The fourth-order valence-corrected chi connectivity index (χ4v) is 1.16. The van der Waals surface area contributed by atoms with E-state index in [4.69, 9.17) is 10.6 Å².